The van der Waals surface area contributed by atoms with E-state index < -0.39 is 5.60 Å². The molecule has 0 aliphatic rings. The van der Waals surface area contributed by atoms with E-state index in [1.807, 2.05) is 25.1 Å². The van der Waals surface area contributed by atoms with Gasteiger partial charge in [0, 0.05) is 23.6 Å². The second kappa shape index (κ2) is 5.08. The number of nitrogens with zero attached hydrogens (tertiary/aromatic N) is 3. The van der Waals surface area contributed by atoms with E-state index in [9.17, 15) is 5.11 Å². The number of aromatic nitrogens is 3. The van der Waals surface area contributed by atoms with Crippen molar-refractivity contribution in [1.29, 1.82) is 0 Å². The van der Waals surface area contributed by atoms with Crippen LogP contribution in [-0.4, -0.2) is 19.9 Å². The van der Waals surface area contributed by atoms with Gasteiger partial charge in [-0.3, -0.25) is 4.68 Å². The fourth-order valence-electron chi connectivity index (χ4n) is 1.99. The van der Waals surface area contributed by atoms with Gasteiger partial charge in [-0.1, -0.05) is 29.8 Å². The highest BCUT2D eigenvalue weighted by Crippen LogP contribution is 2.30. The summed E-state index contributed by atoms with van der Waals surface area (Å²) in [6.45, 7) is 4.46. The molecule has 0 radical (unpaired) electrons. The number of rotatable bonds is 4. The van der Waals surface area contributed by atoms with Gasteiger partial charge in [-0.15, -0.1) is 0 Å². The predicted molar refractivity (Wildman–Crippen MR) is 70.4 cm³/mol. The molecule has 1 aromatic carbocycles. The van der Waals surface area contributed by atoms with Crippen molar-refractivity contribution in [2.24, 2.45) is 0 Å². The molecule has 2 rings (SSSR count). The second-order valence-corrected chi connectivity index (χ2v) is 4.83. The average molecular weight is 266 g/mol. The first-order valence-electron chi connectivity index (χ1n) is 5.88. The quantitative estimate of drug-likeness (QED) is 0.924. The number of halogens is 1. The van der Waals surface area contributed by atoms with Crippen molar-refractivity contribution >= 4 is 11.6 Å². The Balaban J connectivity index is 2.30. The van der Waals surface area contributed by atoms with Crippen molar-refractivity contribution in [2.75, 3.05) is 0 Å². The van der Waals surface area contributed by atoms with Crippen LogP contribution in [0.2, 0.25) is 5.02 Å². The summed E-state index contributed by atoms with van der Waals surface area (Å²) in [6.07, 6.45) is 1.88. The Hall–Kier alpha value is -1.39. The Morgan fingerprint density at radius 3 is 2.78 bits per heavy atom. The minimum atomic E-state index is -1.06. The van der Waals surface area contributed by atoms with E-state index in [-0.39, 0.29) is 0 Å². The van der Waals surface area contributed by atoms with Crippen molar-refractivity contribution in [3.8, 4) is 0 Å². The normalized spacial score (nSPS) is 14.4. The summed E-state index contributed by atoms with van der Waals surface area (Å²) in [4.78, 5) is 4.18. The smallest absolute Gasteiger partial charge is 0.138 e. The molecule has 0 bridgehead atoms. The van der Waals surface area contributed by atoms with E-state index in [2.05, 4.69) is 10.1 Å². The van der Waals surface area contributed by atoms with Crippen molar-refractivity contribution in [2.45, 2.75) is 32.4 Å². The molecule has 0 saturated heterocycles. The van der Waals surface area contributed by atoms with Gasteiger partial charge < -0.3 is 5.11 Å². The van der Waals surface area contributed by atoms with E-state index in [0.717, 1.165) is 12.4 Å². The van der Waals surface area contributed by atoms with Crippen LogP contribution in [0.4, 0.5) is 0 Å². The summed E-state index contributed by atoms with van der Waals surface area (Å²) >= 11 is 6.12. The molecule has 2 aromatic rings. The third kappa shape index (κ3) is 2.54. The molecule has 0 amide bonds. The van der Waals surface area contributed by atoms with Crippen molar-refractivity contribution in [3.63, 3.8) is 0 Å². The maximum absolute atomic E-state index is 10.6. The van der Waals surface area contributed by atoms with Gasteiger partial charge in [-0.25, -0.2) is 4.98 Å². The largest absolute Gasteiger partial charge is 0.385 e. The molecule has 0 saturated carbocycles. The maximum Gasteiger partial charge on any atom is 0.138 e. The Morgan fingerprint density at radius 2 is 2.11 bits per heavy atom. The molecular formula is C13H16ClN3O. The summed E-state index contributed by atoms with van der Waals surface area (Å²) in [6, 6.07) is 7.31. The lowest BCUT2D eigenvalue weighted by atomic mass is 9.92. The molecule has 5 heteroatoms. The predicted octanol–water partition coefficient (Wildman–Crippen LogP) is 2.40. The molecule has 0 fully saturated rings. The zero-order valence-electron chi connectivity index (χ0n) is 10.5. The summed E-state index contributed by atoms with van der Waals surface area (Å²) in [5.74, 6) is 0.752. The molecule has 0 aliphatic heterocycles. The van der Waals surface area contributed by atoms with Gasteiger partial charge in [0.15, 0.2) is 0 Å². The van der Waals surface area contributed by atoms with E-state index in [4.69, 9.17) is 11.6 Å². The molecule has 0 spiro atoms. The molecule has 1 aromatic heterocycles. The standard InChI is InChI=1S/C13H16ClN3O/c1-3-17-12(15-9-16-17)8-13(2,18)10-6-4-5-7-11(10)14/h4-7,9,18H,3,8H2,1-2H3. The van der Waals surface area contributed by atoms with Gasteiger partial charge in [0.05, 0.1) is 5.60 Å². The lowest BCUT2D eigenvalue weighted by Crippen LogP contribution is -2.26. The third-order valence-electron chi connectivity index (χ3n) is 2.95. The Labute approximate surface area is 111 Å². The highest BCUT2D eigenvalue weighted by Gasteiger charge is 2.27. The number of aryl methyl sites for hydroxylation is 1. The Bertz CT molecular complexity index is 537. The fraction of sp³-hybridized carbons (Fsp3) is 0.385. The zero-order valence-corrected chi connectivity index (χ0v) is 11.2. The molecule has 1 unspecified atom stereocenters. The number of hydrogen-bond acceptors (Lipinski definition) is 3. The number of benzene rings is 1. The Morgan fingerprint density at radius 1 is 1.39 bits per heavy atom. The summed E-state index contributed by atoms with van der Waals surface area (Å²) < 4.78 is 1.77. The Kier molecular flexibility index (Phi) is 3.68. The second-order valence-electron chi connectivity index (χ2n) is 4.42. The van der Waals surface area contributed by atoms with Crippen LogP contribution in [0, 0.1) is 0 Å². The van der Waals surface area contributed by atoms with Crippen molar-refractivity contribution < 1.29 is 5.11 Å². The number of aliphatic hydroxyl groups is 1. The van der Waals surface area contributed by atoms with E-state index in [0.29, 0.717) is 17.0 Å². The van der Waals surface area contributed by atoms with E-state index in [1.165, 1.54) is 6.33 Å². The molecule has 0 aliphatic carbocycles. The lowest BCUT2D eigenvalue weighted by molar-refractivity contribution is 0.0544. The van der Waals surface area contributed by atoms with Gasteiger partial charge in [-0.05, 0) is 19.9 Å². The van der Waals surface area contributed by atoms with Crippen LogP contribution in [0.5, 0.6) is 0 Å². The SMILES string of the molecule is CCn1ncnc1CC(C)(O)c1ccccc1Cl. The highest BCUT2D eigenvalue weighted by molar-refractivity contribution is 6.31. The van der Waals surface area contributed by atoms with Gasteiger partial charge in [-0.2, -0.15) is 5.10 Å². The molecule has 1 N–H and O–H groups in total. The first-order chi connectivity index (χ1) is 8.54. The van der Waals surface area contributed by atoms with Crippen LogP contribution < -0.4 is 0 Å². The average Bonchev–Trinajstić information content (AvgIpc) is 2.76. The van der Waals surface area contributed by atoms with Crippen LogP contribution in [0.3, 0.4) is 0 Å². The molecule has 1 atom stereocenters. The topological polar surface area (TPSA) is 50.9 Å². The van der Waals surface area contributed by atoms with Crippen molar-refractivity contribution in [3.05, 3.63) is 47.0 Å². The van der Waals surface area contributed by atoms with Crippen LogP contribution in [0.1, 0.15) is 25.2 Å². The van der Waals surface area contributed by atoms with E-state index >= 15 is 0 Å². The van der Waals surface area contributed by atoms with Gasteiger partial charge in [0.25, 0.3) is 0 Å². The third-order valence-corrected chi connectivity index (χ3v) is 3.28. The number of hydrogen-bond donors (Lipinski definition) is 1. The molecule has 1 heterocycles. The van der Waals surface area contributed by atoms with Gasteiger partial charge in [0.2, 0.25) is 0 Å². The molecule has 4 nitrogen and oxygen atoms in total. The van der Waals surface area contributed by atoms with Crippen LogP contribution in [-0.2, 0) is 18.6 Å². The van der Waals surface area contributed by atoms with Crippen LogP contribution >= 0.6 is 11.6 Å². The summed E-state index contributed by atoms with van der Waals surface area (Å²) in [7, 11) is 0. The lowest BCUT2D eigenvalue weighted by Gasteiger charge is -2.24. The van der Waals surface area contributed by atoms with E-state index in [1.54, 1.807) is 17.7 Å². The minimum absolute atomic E-state index is 0.380. The monoisotopic (exact) mass is 265 g/mol. The van der Waals surface area contributed by atoms with Crippen LogP contribution in [0.25, 0.3) is 0 Å². The summed E-state index contributed by atoms with van der Waals surface area (Å²) in [5, 5.41) is 15.2. The fourth-order valence-corrected chi connectivity index (χ4v) is 2.33. The molecular weight excluding hydrogens is 250 g/mol. The zero-order chi connectivity index (χ0) is 13.2. The molecule has 96 valence electrons. The maximum atomic E-state index is 10.6. The van der Waals surface area contributed by atoms with Crippen LogP contribution in [0.15, 0.2) is 30.6 Å². The van der Waals surface area contributed by atoms with Gasteiger partial charge in [0.1, 0.15) is 12.2 Å². The molecule has 18 heavy (non-hydrogen) atoms. The first-order valence-corrected chi connectivity index (χ1v) is 6.26. The first kappa shape index (κ1) is 13.1. The summed E-state index contributed by atoms with van der Waals surface area (Å²) in [5.41, 5.74) is -0.351. The van der Waals surface area contributed by atoms with Crippen molar-refractivity contribution in [1.82, 2.24) is 14.8 Å². The minimum Gasteiger partial charge on any atom is -0.385 e. The van der Waals surface area contributed by atoms with Gasteiger partial charge >= 0.3 is 0 Å². The highest BCUT2D eigenvalue weighted by atomic mass is 35.5.